The van der Waals surface area contributed by atoms with E-state index in [0.29, 0.717) is 5.15 Å². The van der Waals surface area contributed by atoms with E-state index in [0.717, 1.165) is 18.5 Å². The SMILES string of the molecule is NC1(CCc2ccn3c(Cl)cnc3c2)CC1. The number of rotatable bonds is 3. The molecule has 2 aromatic heterocycles. The largest absolute Gasteiger partial charge is 0.325 e. The Balaban J connectivity index is 1.82. The van der Waals surface area contributed by atoms with Gasteiger partial charge in [0.15, 0.2) is 0 Å². The van der Waals surface area contributed by atoms with E-state index in [-0.39, 0.29) is 5.54 Å². The smallest absolute Gasteiger partial charge is 0.138 e. The highest BCUT2D eigenvalue weighted by Gasteiger charge is 2.37. The minimum absolute atomic E-state index is 0.124. The fourth-order valence-electron chi connectivity index (χ4n) is 1.95. The number of aryl methyl sites for hydroxylation is 1. The Morgan fingerprint density at radius 1 is 1.50 bits per heavy atom. The summed E-state index contributed by atoms with van der Waals surface area (Å²) in [4.78, 5) is 4.24. The van der Waals surface area contributed by atoms with E-state index in [1.807, 2.05) is 10.6 Å². The van der Waals surface area contributed by atoms with Crippen LogP contribution in [0.4, 0.5) is 0 Å². The quantitative estimate of drug-likeness (QED) is 0.888. The van der Waals surface area contributed by atoms with Gasteiger partial charge in [-0.3, -0.25) is 4.40 Å². The van der Waals surface area contributed by atoms with Gasteiger partial charge in [-0.05, 0) is 43.4 Å². The zero-order valence-corrected chi connectivity index (χ0v) is 9.74. The third-order valence-corrected chi connectivity index (χ3v) is 3.62. The van der Waals surface area contributed by atoms with Crippen molar-refractivity contribution in [3.8, 4) is 0 Å². The molecule has 3 nitrogen and oxygen atoms in total. The van der Waals surface area contributed by atoms with Crippen LogP contribution in [0.1, 0.15) is 24.8 Å². The van der Waals surface area contributed by atoms with Crippen molar-refractivity contribution in [3.05, 3.63) is 35.2 Å². The Morgan fingerprint density at radius 2 is 2.31 bits per heavy atom. The first-order chi connectivity index (χ1) is 7.66. The zero-order chi connectivity index (χ0) is 11.2. The van der Waals surface area contributed by atoms with Crippen LogP contribution in [-0.2, 0) is 6.42 Å². The lowest BCUT2D eigenvalue weighted by molar-refractivity contribution is 0.609. The summed E-state index contributed by atoms with van der Waals surface area (Å²) < 4.78 is 1.88. The maximum atomic E-state index is 6.07. The van der Waals surface area contributed by atoms with Crippen molar-refractivity contribution >= 4 is 17.2 Å². The number of hydrogen-bond acceptors (Lipinski definition) is 2. The molecular formula is C12H14ClN3. The third kappa shape index (κ3) is 1.81. The molecule has 1 aliphatic carbocycles. The summed E-state index contributed by atoms with van der Waals surface area (Å²) >= 11 is 5.97. The summed E-state index contributed by atoms with van der Waals surface area (Å²) in [6.07, 6.45) is 8.08. The van der Waals surface area contributed by atoms with Crippen molar-refractivity contribution in [3.63, 3.8) is 0 Å². The van der Waals surface area contributed by atoms with E-state index in [2.05, 4.69) is 17.1 Å². The van der Waals surface area contributed by atoms with Crippen LogP contribution in [0.3, 0.4) is 0 Å². The molecule has 3 rings (SSSR count). The van der Waals surface area contributed by atoms with Gasteiger partial charge in [0.2, 0.25) is 0 Å². The average Bonchev–Trinajstić information content (AvgIpc) is 2.91. The minimum atomic E-state index is 0.124. The molecule has 0 aromatic carbocycles. The molecule has 0 bridgehead atoms. The van der Waals surface area contributed by atoms with Gasteiger partial charge in [0, 0.05) is 11.7 Å². The Labute approximate surface area is 99.2 Å². The molecule has 4 heteroatoms. The monoisotopic (exact) mass is 235 g/mol. The van der Waals surface area contributed by atoms with E-state index >= 15 is 0 Å². The molecule has 1 saturated carbocycles. The molecule has 84 valence electrons. The molecule has 0 spiro atoms. The maximum Gasteiger partial charge on any atom is 0.138 e. The van der Waals surface area contributed by atoms with Crippen molar-refractivity contribution in [2.45, 2.75) is 31.2 Å². The van der Waals surface area contributed by atoms with Gasteiger partial charge in [-0.1, -0.05) is 11.6 Å². The molecule has 0 atom stereocenters. The van der Waals surface area contributed by atoms with Gasteiger partial charge in [-0.15, -0.1) is 0 Å². The number of halogens is 1. The summed E-state index contributed by atoms with van der Waals surface area (Å²) in [6.45, 7) is 0. The molecule has 0 saturated heterocycles. The molecule has 2 N–H and O–H groups in total. The van der Waals surface area contributed by atoms with Gasteiger partial charge in [0.1, 0.15) is 10.8 Å². The lowest BCUT2D eigenvalue weighted by Crippen LogP contribution is -2.22. The van der Waals surface area contributed by atoms with Crippen LogP contribution in [0.2, 0.25) is 5.15 Å². The van der Waals surface area contributed by atoms with Gasteiger partial charge in [-0.2, -0.15) is 0 Å². The fourth-order valence-corrected chi connectivity index (χ4v) is 2.14. The van der Waals surface area contributed by atoms with Crippen LogP contribution in [0.15, 0.2) is 24.5 Å². The van der Waals surface area contributed by atoms with Crippen LogP contribution in [-0.4, -0.2) is 14.9 Å². The summed E-state index contributed by atoms with van der Waals surface area (Å²) in [5.74, 6) is 0. The van der Waals surface area contributed by atoms with E-state index < -0.39 is 0 Å². The second-order valence-electron chi connectivity index (χ2n) is 4.71. The molecule has 2 aromatic rings. The third-order valence-electron chi connectivity index (χ3n) is 3.34. The maximum absolute atomic E-state index is 6.07. The van der Waals surface area contributed by atoms with E-state index in [4.69, 9.17) is 17.3 Å². The first-order valence-electron chi connectivity index (χ1n) is 5.57. The number of imidazole rings is 1. The van der Waals surface area contributed by atoms with Gasteiger partial charge >= 0.3 is 0 Å². The van der Waals surface area contributed by atoms with Gasteiger partial charge < -0.3 is 5.73 Å². The van der Waals surface area contributed by atoms with E-state index in [9.17, 15) is 0 Å². The molecule has 1 fully saturated rings. The number of nitrogens with two attached hydrogens (primary N) is 1. The fraction of sp³-hybridized carbons (Fsp3) is 0.417. The lowest BCUT2D eigenvalue weighted by atomic mass is 10.1. The molecule has 0 unspecified atom stereocenters. The van der Waals surface area contributed by atoms with E-state index in [1.54, 1.807) is 6.20 Å². The molecule has 0 radical (unpaired) electrons. The Kier molecular flexibility index (Phi) is 2.19. The molecular weight excluding hydrogens is 222 g/mol. The van der Waals surface area contributed by atoms with Crippen LogP contribution < -0.4 is 5.73 Å². The van der Waals surface area contributed by atoms with Crippen molar-refractivity contribution in [1.82, 2.24) is 9.38 Å². The average molecular weight is 236 g/mol. The second kappa shape index (κ2) is 3.47. The lowest BCUT2D eigenvalue weighted by Gasteiger charge is -2.08. The predicted octanol–water partition coefficient (Wildman–Crippen LogP) is 2.41. The number of fused-ring (bicyclic) bond motifs is 1. The Bertz CT molecular complexity index is 528. The second-order valence-corrected chi connectivity index (χ2v) is 5.09. The Hall–Kier alpha value is -1.06. The van der Waals surface area contributed by atoms with E-state index in [1.165, 1.54) is 18.4 Å². The number of pyridine rings is 1. The Morgan fingerprint density at radius 3 is 3.06 bits per heavy atom. The predicted molar refractivity (Wildman–Crippen MR) is 64.7 cm³/mol. The van der Waals surface area contributed by atoms with Crippen molar-refractivity contribution < 1.29 is 0 Å². The summed E-state index contributed by atoms with van der Waals surface area (Å²) in [7, 11) is 0. The number of aromatic nitrogens is 2. The van der Waals surface area contributed by atoms with Gasteiger partial charge in [0.25, 0.3) is 0 Å². The standard InChI is InChI=1S/C12H14ClN3/c13-10-8-15-11-7-9(2-6-16(10)11)1-3-12(14)4-5-12/h2,6-8H,1,3-5,14H2. The molecule has 0 aliphatic heterocycles. The van der Waals surface area contributed by atoms with Crippen LogP contribution >= 0.6 is 11.6 Å². The normalized spacial score (nSPS) is 17.9. The summed E-state index contributed by atoms with van der Waals surface area (Å²) in [5.41, 5.74) is 8.38. The first-order valence-corrected chi connectivity index (χ1v) is 5.95. The first kappa shape index (κ1) is 10.1. The zero-order valence-electron chi connectivity index (χ0n) is 8.99. The number of hydrogen-bond donors (Lipinski definition) is 1. The van der Waals surface area contributed by atoms with Crippen molar-refractivity contribution in [2.75, 3.05) is 0 Å². The van der Waals surface area contributed by atoms with Crippen molar-refractivity contribution in [2.24, 2.45) is 5.73 Å². The van der Waals surface area contributed by atoms with Crippen molar-refractivity contribution in [1.29, 1.82) is 0 Å². The number of nitrogens with zero attached hydrogens (tertiary/aromatic N) is 2. The molecule has 2 heterocycles. The van der Waals surface area contributed by atoms with Gasteiger partial charge in [-0.25, -0.2) is 4.98 Å². The summed E-state index contributed by atoms with van der Waals surface area (Å²) in [6, 6.07) is 4.17. The molecule has 1 aliphatic rings. The molecule has 16 heavy (non-hydrogen) atoms. The van der Waals surface area contributed by atoms with Crippen LogP contribution in [0.25, 0.3) is 5.65 Å². The van der Waals surface area contributed by atoms with Gasteiger partial charge in [0.05, 0.1) is 6.20 Å². The highest BCUT2D eigenvalue weighted by Crippen LogP contribution is 2.36. The minimum Gasteiger partial charge on any atom is -0.325 e. The summed E-state index contributed by atoms with van der Waals surface area (Å²) in [5, 5.41) is 0.652. The van der Waals surface area contributed by atoms with Crippen LogP contribution in [0, 0.1) is 0 Å². The topological polar surface area (TPSA) is 43.3 Å². The highest BCUT2D eigenvalue weighted by atomic mass is 35.5. The highest BCUT2D eigenvalue weighted by molar-refractivity contribution is 6.29. The van der Waals surface area contributed by atoms with Crippen LogP contribution in [0.5, 0.6) is 0 Å². The molecule has 0 amide bonds.